The number of nitrogens with one attached hydrogen (secondary N) is 1. The second-order valence-corrected chi connectivity index (χ2v) is 9.38. The number of benzene rings is 2. The molecule has 3 rings (SSSR count). The molecule has 0 atom stereocenters. The Bertz CT molecular complexity index is 1080. The lowest BCUT2D eigenvalue weighted by molar-refractivity contribution is -0.384. The van der Waals surface area contributed by atoms with Crippen LogP contribution in [0.4, 0.5) is 11.4 Å². The molecule has 3 N–H and O–H groups in total. The van der Waals surface area contributed by atoms with Gasteiger partial charge in [-0.05, 0) is 12.1 Å². The van der Waals surface area contributed by atoms with E-state index in [9.17, 15) is 18.5 Å². The number of rotatable bonds is 8. The van der Waals surface area contributed by atoms with Gasteiger partial charge in [0.2, 0.25) is 10.0 Å². The number of sulfonamides is 1. The molecular weight excluding hydrogens is 420 g/mol. The number of thioether (sulfide) groups is 1. The van der Waals surface area contributed by atoms with E-state index in [0.29, 0.717) is 12.3 Å². The van der Waals surface area contributed by atoms with E-state index in [0.717, 1.165) is 21.7 Å². The molecule has 0 amide bonds. The molecule has 0 fully saturated rings. The fourth-order valence-corrected chi connectivity index (χ4v) is 4.67. The Labute approximate surface area is 170 Å². The van der Waals surface area contributed by atoms with Gasteiger partial charge in [-0.1, -0.05) is 42.1 Å². The maximum Gasteiger partial charge on any atom is 0.293 e. The van der Waals surface area contributed by atoms with Crippen molar-refractivity contribution >= 4 is 44.5 Å². The predicted octanol–water partition coefficient (Wildman–Crippen LogP) is 3.57. The van der Waals surface area contributed by atoms with E-state index in [2.05, 4.69) is 10.3 Å². The monoisotopic (exact) mass is 436 g/mol. The smallest absolute Gasteiger partial charge is 0.293 e. The summed E-state index contributed by atoms with van der Waals surface area (Å²) in [6.45, 7) is 0.445. The van der Waals surface area contributed by atoms with Crippen molar-refractivity contribution in [1.82, 2.24) is 4.98 Å². The lowest BCUT2D eigenvalue weighted by Gasteiger charge is -2.07. The van der Waals surface area contributed by atoms with Crippen molar-refractivity contribution in [3.05, 3.63) is 64.0 Å². The normalized spacial score (nSPS) is 11.3. The van der Waals surface area contributed by atoms with Gasteiger partial charge in [-0.2, -0.15) is 0 Å². The van der Waals surface area contributed by atoms with E-state index < -0.39 is 14.9 Å². The molecule has 0 aliphatic rings. The molecule has 0 saturated carbocycles. The number of thiazole rings is 1. The first-order valence-corrected chi connectivity index (χ1v) is 11.4. The van der Waals surface area contributed by atoms with Crippen molar-refractivity contribution in [3.8, 4) is 11.3 Å². The van der Waals surface area contributed by atoms with Crippen molar-refractivity contribution in [2.75, 3.05) is 17.6 Å². The molecule has 0 saturated heterocycles. The zero-order valence-corrected chi connectivity index (χ0v) is 16.9. The number of nitrogens with zero attached hydrogens (tertiary/aromatic N) is 2. The van der Waals surface area contributed by atoms with Gasteiger partial charge in [0.1, 0.15) is 5.69 Å². The van der Waals surface area contributed by atoms with Gasteiger partial charge in [0.15, 0.2) is 4.34 Å². The van der Waals surface area contributed by atoms with Crippen molar-refractivity contribution in [2.45, 2.75) is 9.24 Å². The summed E-state index contributed by atoms with van der Waals surface area (Å²) in [4.78, 5) is 14.8. The van der Waals surface area contributed by atoms with Crippen LogP contribution in [0.3, 0.4) is 0 Å². The number of nitro groups is 1. The number of nitro benzene ring substituents is 1. The highest BCUT2D eigenvalue weighted by atomic mass is 32.2. The highest BCUT2D eigenvalue weighted by Crippen LogP contribution is 2.29. The molecule has 1 aromatic heterocycles. The topological polar surface area (TPSA) is 128 Å². The maximum absolute atomic E-state index is 11.4. The molecule has 3 aromatic rings. The van der Waals surface area contributed by atoms with Gasteiger partial charge < -0.3 is 5.32 Å². The zero-order chi connectivity index (χ0) is 20.1. The number of primary sulfonamides is 1. The highest BCUT2D eigenvalue weighted by Gasteiger charge is 2.18. The van der Waals surface area contributed by atoms with Gasteiger partial charge in [0, 0.05) is 29.3 Å². The third-order valence-electron chi connectivity index (χ3n) is 3.69. The molecule has 0 radical (unpaired) electrons. The summed E-state index contributed by atoms with van der Waals surface area (Å²) in [5.41, 5.74) is 1.86. The summed E-state index contributed by atoms with van der Waals surface area (Å²) in [6.07, 6.45) is 0. The SMILES string of the molecule is NS(=O)(=O)c1ccc(NCCSc2nc(-c3ccccc3)cs2)c([N+](=O)[O-])c1. The van der Waals surface area contributed by atoms with Crippen LogP contribution in [0.1, 0.15) is 0 Å². The van der Waals surface area contributed by atoms with E-state index in [1.54, 1.807) is 0 Å². The Morgan fingerprint density at radius 3 is 2.64 bits per heavy atom. The minimum atomic E-state index is -4.00. The number of aromatic nitrogens is 1. The van der Waals surface area contributed by atoms with E-state index in [4.69, 9.17) is 5.14 Å². The first-order valence-electron chi connectivity index (χ1n) is 8.03. The summed E-state index contributed by atoms with van der Waals surface area (Å²) in [5, 5.41) is 21.2. The Hall–Kier alpha value is -2.47. The van der Waals surface area contributed by atoms with Crippen molar-refractivity contribution in [3.63, 3.8) is 0 Å². The molecule has 0 unspecified atom stereocenters. The minimum absolute atomic E-state index is 0.238. The molecular formula is C17H16N4O4S3. The predicted molar refractivity (Wildman–Crippen MR) is 111 cm³/mol. The Balaban J connectivity index is 1.60. The standard InChI is InChI=1S/C17H16N4O4S3/c18-28(24,25)13-6-7-14(16(10-13)21(22)23)19-8-9-26-17-20-15(11-27-17)12-4-2-1-3-5-12/h1-7,10-11,19H,8-9H2,(H2,18,24,25). The van der Waals surface area contributed by atoms with Crippen LogP contribution in [0.15, 0.2) is 63.1 Å². The third kappa shape index (κ3) is 5.07. The molecule has 0 bridgehead atoms. The lowest BCUT2D eigenvalue weighted by Crippen LogP contribution is -2.13. The van der Waals surface area contributed by atoms with Crippen LogP contribution in [0.5, 0.6) is 0 Å². The highest BCUT2D eigenvalue weighted by molar-refractivity contribution is 8.01. The quantitative estimate of drug-likeness (QED) is 0.239. The number of anilines is 1. The maximum atomic E-state index is 11.4. The second kappa shape index (κ2) is 8.69. The zero-order valence-electron chi connectivity index (χ0n) is 14.4. The van der Waals surface area contributed by atoms with Crippen LogP contribution in [0, 0.1) is 10.1 Å². The largest absolute Gasteiger partial charge is 0.379 e. The summed E-state index contributed by atoms with van der Waals surface area (Å²) in [5.74, 6) is 0.635. The van der Waals surface area contributed by atoms with E-state index in [1.165, 1.54) is 35.2 Å². The second-order valence-electron chi connectivity index (χ2n) is 5.62. The van der Waals surface area contributed by atoms with Gasteiger partial charge in [-0.15, -0.1) is 11.3 Å². The van der Waals surface area contributed by atoms with Crippen molar-refractivity contribution in [2.24, 2.45) is 5.14 Å². The summed E-state index contributed by atoms with van der Waals surface area (Å²) < 4.78 is 23.6. The van der Waals surface area contributed by atoms with Gasteiger partial charge in [-0.3, -0.25) is 10.1 Å². The number of hydrogen-bond donors (Lipinski definition) is 2. The van der Waals surface area contributed by atoms with Crippen LogP contribution in [0.2, 0.25) is 0 Å². The molecule has 2 aromatic carbocycles. The van der Waals surface area contributed by atoms with Crippen LogP contribution in [-0.4, -0.2) is 30.6 Å². The molecule has 11 heteroatoms. The fourth-order valence-electron chi connectivity index (χ4n) is 2.38. The summed E-state index contributed by atoms with van der Waals surface area (Å²) in [6, 6.07) is 13.4. The van der Waals surface area contributed by atoms with Crippen LogP contribution < -0.4 is 10.5 Å². The molecule has 146 valence electrons. The minimum Gasteiger partial charge on any atom is -0.379 e. The van der Waals surface area contributed by atoms with Gasteiger partial charge in [0.25, 0.3) is 5.69 Å². The molecule has 28 heavy (non-hydrogen) atoms. The van der Waals surface area contributed by atoms with E-state index >= 15 is 0 Å². The molecule has 0 aliphatic carbocycles. The molecule has 0 aliphatic heterocycles. The third-order valence-corrected chi connectivity index (χ3v) is 6.62. The van der Waals surface area contributed by atoms with Crippen LogP contribution in [0.25, 0.3) is 11.3 Å². The van der Waals surface area contributed by atoms with Gasteiger partial charge in [-0.25, -0.2) is 18.5 Å². The Morgan fingerprint density at radius 2 is 1.96 bits per heavy atom. The fraction of sp³-hybridized carbons (Fsp3) is 0.118. The summed E-state index contributed by atoms with van der Waals surface area (Å²) in [7, 11) is -4.00. The first-order chi connectivity index (χ1) is 13.3. The van der Waals surface area contributed by atoms with Crippen molar-refractivity contribution in [1.29, 1.82) is 0 Å². The van der Waals surface area contributed by atoms with Crippen LogP contribution in [-0.2, 0) is 10.0 Å². The Morgan fingerprint density at radius 1 is 1.21 bits per heavy atom. The van der Waals surface area contributed by atoms with Crippen molar-refractivity contribution < 1.29 is 13.3 Å². The lowest BCUT2D eigenvalue weighted by atomic mass is 10.2. The Kier molecular flexibility index (Phi) is 6.29. The molecule has 8 nitrogen and oxygen atoms in total. The molecule has 0 spiro atoms. The average Bonchev–Trinajstić information content (AvgIpc) is 3.14. The average molecular weight is 437 g/mol. The number of hydrogen-bond acceptors (Lipinski definition) is 8. The number of nitrogens with two attached hydrogens (primary N) is 1. The van der Waals surface area contributed by atoms with Gasteiger partial charge >= 0.3 is 0 Å². The van der Waals surface area contributed by atoms with E-state index in [-0.39, 0.29) is 16.3 Å². The summed E-state index contributed by atoms with van der Waals surface area (Å²) >= 11 is 3.07. The molecule has 1 heterocycles. The van der Waals surface area contributed by atoms with Crippen LogP contribution >= 0.6 is 23.1 Å². The van der Waals surface area contributed by atoms with Gasteiger partial charge in [0.05, 0.1) is 15.5 Å². The first kappa shape index (κ1) is 20.3. The van der Waals surface area contributed by atoms with E-state index in [1.807, 2.05) is 35.7 Å².